The summed E-state index contributed by atoms with van der Waals surface area (Å²) in [5.41, 5.74) is 1.59. The van der Waals surface area contributed by atoms with Crippen LogP contribution in [0.25, 0.3) is 0 Å². The van der Waals surface area contributed by atoms with Crippen molar-refractivity contribution in [1.82, 2.24) is 4.90 Å². The second kappa shape index (κ2) is 6.77. The van der Waals surface area contributed by atoms with Gasteiger partial charge in [-0.05, 0) is 30.0 Å². The summed E-state index contributed by atoms with van der Waals surface area (Å²) < 4.78 is 5.30. The zero-order chi connectivity index (χ0) is 15.6. The molecular formula is C16H22ClNO3. The van der Waals surface area contributed by atoms with Crippen molar-refractivity contribution in [2.45, 2.75) is 38.3 Å². The standard InChI is InChI=1S/C16H22ClNO3/c1-10(2)14-5-4-11(6-15(14)17)16(20)18-8-13(21-3)7-12(18)9-19/h4-6,10,12-13,19H,7-9H2,1-3H3/t12-,13-/m0/s1. The first-order chi connectivity index (χ1) is 9.97. The number of hydrogen-bond acceptors (Lipinski definition) is 3. The molecule has 1 aromatic rings. The highest BCUT2D eigenvalue weighted by molar-refractivity contribution is 6.31. The second-order valence-corrected chi connectivity index (χ2v) is 6.19. The minimum Gasteiger partial charge on any atom is -0.394 e. The van der Waals surface area contributed by atoms with E-state index >= 15 is 0 Å². The molecule has 4 nitrogen and oxygen atoms in total. The number of carbonyl (C=O) groups is 1. The Morgan fingerprint density at radius 2 is 2.24 bits per heavy atom. The third kappa shape index (κ3) is 3.39. The van der Waals surface area contributed by atoms with Crippen LogP contribution in [0.1, 0.15) is 42.1 Å². The highest BCUT2D eigenvalue weighted by Crippen LogP contribution is 2.27. The minimum atomic E-state index is -0.189. The molecule has 2 atom stereocenters. The quantitative estimate of drug-likeness (QED) is 0.930. The summed E-state index contributed by atoms with van der Waals surface area (Å²) in [4.78, 5) is 14.3. The van der Waals surface area contributed by atoms with E-state index in [0.717, 1.165) is 5.56 Å². The molecule has 0 radical (unpaired) electrons. The number of carbonyl (C=O) groups excluding carboxylic acids is 1. The van der Waals surface area contributed by atoms with E-state index in [-0.39, 0.29) is 24.7 Å². The lowest BCUT2D eigenvalue weighted by Crippen LogP contribution is -2.38. The second-order valence-electron chi connectivity index (χ2n) is 5.78. The molecule has 116 valence electrons. The maximum absolute atomic E-state index is 12.6. The van der Waals surface area contributed by atoms with Crippen LogP contribution in [0.3, 0.4) is 0 Å². The molecule has 21 heavy (non-hydrogen) atoms. The zero-order valence-corrected chi connectivity index (χ0v) is 13.4. The Balaban J connectivity index is 2.21. The molecule has 0 aromatic heterocycles. The lowest BCUT2D eigenvalue weighted by molar-refractivity contribution is 0.0648. The van der Waals surface area contributed by atoms with Crippen LogP contribution in [0.15, 0.2) is 18.2 Å². The van der Waals surface area contributed by atoms with Crippen LogP contribution >= 0.6 is 11.6 Å². The number of aliphatic hydroxyl groups is 1. The van der Waals surface area contributed by atoms with E-state index < -0.39 is 0 Å². The maximum atomic E-state index is 12.6. The van der Waals surface area contributed by atoms with Gasteiger partial charge in [-0.1, -0.05) is 31.5 Å². The van der Waals surface area contributed by atoms with Crippen molar-refractivity contribution in [3.8, 4) is 0 Å². The number of aliphatic hydroxyl groups excluding tert-OH is 1. The van der Waals surface area contributed by atoms with Crippen molar-refractivity contribution in [1.29, 1.82) is 0 Å². The zero-order valence-electron chi connectivity index (χ0n) is 12.7. The Hall–Kier alpha value is -1.10. The molecule has 2 rings (SSSR count). The molecule has 1 fully saturated rings. The Morgan fingerprint density at radius 3 is 2.76 bits per heavy atom. The van der Waals surface area contributed by atoms with E-state index in [4.69, 9.17) is 16.3 Å². The van der Waals surface area contributed by atoms with Gasteiger partial charge in [-0.25, -0.2) is 0 Å². The van der Waals surface area contributed by atoms with Crippen LogP contribution in [-0.4, -0.2) is 48.3 Å². The number of benzene rings is 1. The topological polar surface area (TPSA) is 49.8 Å². The monoisotopic (exact) mass is 311 g/mol. The van der Waals surface area contributed by atoms with Crippen LogP contribution < -0.4 is 0 Å². The molecule has 1 heterocycles. The smallest absolute Gasteiger partial charge is 0.254 e. The first-order valence-electron chi connectivity index (χ1n) is 7.22. The molecule has 1 aromatic carbocycles. The molecule has 0 saturated carbocycles. The molecule has 1 aliphatic heterocycles. The van der Waals surface area contributed by atoms with E-state index in [1.165, 1.54) is 0 Å². The number of ether oxygens (including phenoxy) is 1. The molecule has 0 unspecified atom stereocenters. The number of rotatable bonds is 4. The number of amides is 1. The van der Waals surface area contributed by atoms with Gasteiger partial charge in [0.25, 0.3) is 5.91 Å². The molecular weight excluding hydrogens is 290 g/mol. The fourth-order valence-corrected chi connectivity index (χ4v) is 3.16. The van der Waals surface area contributed by atoms with Crippen molar-refractivity contribution in [3.05, 3.63) is 34.3 Å². The van der Waals surface area contributed by atoms with Gasteiger partial charge in [0.15, 0.2) is 0 Å². The predicted molar refractivity (Wildman–Crippen MR) is 82.9 cm³/mol. The summed E-state index contributed by atoms with van der Waals surface area (Å²) >= 11 is 6.26. The molecule has 1 amide bonds. The van der Waals surface area contributed by atoms with Gasteiger partial charge < -0.3 is 14.7 Å². The number of nitrogens with zero attached hydrogens (tertiary/aromatic N) is 1. The minimum absolute atomic E-state index is 0.0171. The van der Waals surface area contributed by atoms with Gasteiger partial charge in [0.1, 0.15) is 0 Å². The van der Waals surface area contributed by atoms with E-state index in [2.05, 4.69) is 13.8 Å². The van der Waals surface area contributed by atoms with Crippen LogP contribution in [0.5, 0.6) is 0 Å². The van der Waals surface area contributed by atoms with Gasteiger partial charge in [0.2, 0.25) is 0 Å². The number of halogens is 1. The molecule has 0 spiro atoms. The maximum Gasteiger partial charge on any atom is 0.254 e. The van der Waals surface area contributed by atoms with E-state index in [1.807, 2.05) is 6.07 Å². The Kier molecular flexibility index (Phi) is 5.25. The number of hydrogen-bond donors (Lipinski definition) is 1. The van der Waals surface area contributed by atoms with Crippen molar-refractivity contribution in [2.24, 2.45) is 0 Å². The van der Waals surface area contributed by atoms with Crippen LogP contribution in [-0.2, 0) is 4.74 Å². The third-order valence-corrected chi connectivity index (χ3v) is 4.38. The summed E-state index contributed by atoms with van der Waals surface area (Å²) in [6, 6.07) is 5.23. The van der Waals surface area contributed by atoms with Gasteiger partial charge in [0, 0.05) is 24.2 Å². The Labute approximate surface area is 130 Å². The number of methoxy groups -OCH3 is 1. The summed E-state index contributed by atoms with van der Waals surface area (Å²) in [5, 5.41) is 10.1. The van der Waals surface area contributed by atoms with Crippen molar-refractivity contribution in [2.75, 3.05) is 20.3 Å². The lowest BCUT2D eigenvalue weighted by Gasteiger charge is -2.23. The van der Waals surface area contributed by atoms with Gasteiger partial charge in [-0.15, -0.1) is 0 Å². The molecule has 1 N–H and O–H groups in total. The van der Waals surface area contributed by atoms with E-state index in [0.29, 0.717) is 29.5 Å². The third-order valence-electron chi connectivity index (χ3n) is 4.05. The van der Waals surface area contributed by atoms with Crippen LogP contribution in [0, 0.1) is 0 Å². The van der Waals surface area contributed by atoms with Gasteiger partial charge in [-0.2, -0.15) is 0 Å². The fraction of sp³-hybridized carbons (Fsp3) is 0.562. The first-order valence-corrected chi connectivity index (χ1v) is 7.59. The highest BCUT2D eigenvalue weighted by atomic mass is 35.5. The van der Waals surface area contributed by atoms with E-state index in [9.17, 15) is 9.90 Å². The average molecular weight is 312 g/mol. The first kappa shape index (κ1) is 16.3. The van der Waals surface area contributed by atoms with E-state index in [1.54, 1.807) is 24.1 Å². The summed E-state index contributed by atoms with van der Waals surface area (Å²) in [5.74, 6) is 0.210. The summed E-state index contributed by atoms with van der Waals surface area (Å²) in [6.45, 7) is 4.58. The van der Waals surface area contributed by atoms with Gasteiger partial charge >= 0.3 is 0 Å². The van der Waals surface area contributed by atoms with Crippen molar-refractivity contribution < 1.29 is 14.6 Å². The van der Waals surface area contributed by atoms with Gasteiger partial charge in [0.05, 0.1) is 18.8 Å². The van der Waals surface area contributed by atoms with Gasteiger partial charge in [-0.3, -0.25) is 4.79 Å². The average Bonchev–Trinajstić information content (AvgIpc) is 2.89. The normalized spacial score (nSPS) is 22.1. The SMILES string of the molecule is CO[C@H]1C[C@@H](CO)N(C(=O)c2ccc(C(C)C)c(Cl)c2)C1. The van der Waals surface area contributed by atoms with Crippen molar-refractivity contribution in [3.63, 3.8) is 0 Å². The largest absolute Gasteiger partial charge is 0.394 e. The molecule has 0 aliphatic carbocycles. The highest BCUT2D eigenvalue weighted by Gasteiger charge is 2.35. The molecule has 5 heteroatoms. The summed E-state index contributed by atoms with van der Waals surface area (Å²) in [6.07, 6.45) is 0.646. The fourth-order valence-electron chi connectivity index (χ4n) is 2.76. The number of likely N-dealkylation sites (tertiary alicyclic amines) is 1. The molecule has 1 aliphatic rings. The molecule has 0 bridgehead atoms. The Bertz CT molecular complexity index is 518. The lowest BCUT2D eigenvalue weighted by atomic mass is 10.0. The van der Waals surface area contributed by atoms with Crippen LogP contribution in [0.4, 0.5) is 0 Å². The Morgan fingerprint density at radius 1 is 1.52 bits per heavy atom. The molecule has 1 saturated heterocycles. The summed E-state index contributed by atoms with van der Waals surface area (Å²) in [7, 11) is 1.63. The van der Waals surface area contributed by atoms with Crippen LogP contribution in [0.2, 0.25) is 5.02 Å². The predicted octanol–water partition coefficient (Wildman–Crippen LogP) is 2.69. The van der Waals surface area contributed by atoms with Crippen molar-refractivity contribution >= 4 is 17.5 Å².